The zero-order chi connectivity index (χ0) is 17.2. The molecule has 1 fully saturated rings. The average Bonchev–Trinajstić information content (AvgIpc) is 2.97. The molecule has 1 aliphatic heterocycles. The first-order chi connectivity index (χ1) is 12.2. The summed E-state index contributed by atoms with van der Waals surface area (Å²) < 4.78 is 7.74. The summed E-state index contributed by atoms with van der Waals surface area (Å²) in [5.41, 5.74) is 2.69. The monoisotopic (exact) mass is 375 g/mol. The quantitative estimate of drug-likeness (QED) is 0.723. The minimum absolute atomic E-state index is 0. The molecule has 0 aliphatic carbocycles. The summed E-state index contributed by atoms with van der Waals surface area (Å²) in [6.07, 6.45) is 3.23. The zero-order valence-electron chi connectivity index (χ0n) is 14.5. The molecule has 1 atom stereocenters. The highest BCUT2D eigenvalue weighted by atomic mass is 35.5. The number of anilines is 1. The van der Waals surface area contributed by atoms with Crippen molar-refractivity contribution < 1.29 is 9.84 Å². The fourth-order valence-electron chi connectivity index (χ4n) is 3.13. The normalized spacial score (nSPS) is 17.2. The molecular formula is C18H22ClN5O2. The molecule has 0 radical (unpaired) electrons. The molecule has 0 aromatic carbocycles. The molecule has 138 valence electrons. The Morgan fingerprint density at radius 1 is 1.31 bits per heavy atom. The SMILES string of the molecule is Cl.Cn1cc(N2CCNCC2O)c2ccc(OCc3ccccn3)nc21. The number of hydrogen-bond donors (Lipinski definition) is 2. The van der Waals surface area contributed by atoms with E-state index in [-0.39, 0.29) is 12.4 Å². The van der Waals surface area contributed by atoms with Crippen LogP contribution in [-0.2, 0) is 13.7 Å². The van der Waals surface area contributed by atoms with Crippen molar-refractivity contribution in [3.8, 4) is 5.88 Å². The van der Waals surface area contributed by atoms with Gasteiger partial charge in [-0.1, -0.05) is 6.07 Å². The van der Waals surface area contributed by atoms with Crippen molar-refractivity contribution in [1.82, 2.24) is 19.9 Å². The van der Waals surface area contributed by atoms with Gasteiger partial charge in [-0.3, -0.25) is 4.98 Å². The number of halogens is 1. The molecule has 2 N–H and O–H groups in total. The standard InChI is InChI=1S/C18H21N5O2.ClH/c1-22-11-15(23-9-8-19-10-17(23)24)14-5-6-16(21-18(14)22)25-12-13-4-2-3-7-20-13;/h2-7,11,17,19,24H,8-10,12H2,1H3;1H. The third kappa shape index (κ3) is 3.60. The maximum absolute atomic E-state index is 10.3. The van der Waals surface area contributed by atoms with Gasteiger partial charge < -0.3 is 24.6 Å². The number of aromatic nitrogens is 3. The third-order valence-corrected chi connectivity index (χ3v) is 4.40. The van der Waals surface area contributed by atoms with E-state index in [2.05, 4.69) is 15.3 Å². The molecule has 0 bridgehead atoms. The van der Waals surface area contributed by atoms with E-state index in [4.69, 9.17) is 4.74 Å². The van der Waals surface area contributed by atoms with Crippen LogP contribution in [0, 0.1) is 0 Å². The number of aliphatic hydroxyl groups excluding tert-OH is 1. The van der Waals surface area contributed by atoms with Gasteiger partial charge in [-0.15, -0.1) is 12.4 Å². The number of fused-ring (bicyclic) bond motifs is 1. The number of nitrogens with zero attached hydrogens (tertiary/aromatic N) is 4. The number of piperazine rings is 1. The lowest BCUT2D eigenvalue weighted by Gasteiger charge is -2.34. The lowest BCUT2D eigenvalue weighted by molar-refractivity contribution is 0.152. The van der Waals surface area contributed by atoms with Gasteiger partial charge in [0.05, 0.1) is 11.4 Å². The second kappa shape index (κ2) is 7.90. The Balaban J connectivity index is 0.00000196. The summed E-state index contributed by atoms with van der Waals surface area (Å²) in [5, 5.41) is 14.5. The molecule has 4 rings (SSSR count). The largest absolute Gasteiger partial charge is 0.471 e. The maximum Gasteiger partial charge on any atom is 0.215 e. The Morgan fingerprint density at radius 2 is 2.19 bits per heavy atom. The van der Waals surface area contributed by atoms with E-state index < -0.39 is 6.23 Å². The van der Waals surface area contributed by atoms with Crippen LogP contribution in [0.3, 0.4) is 0 Å². The van der Waals surface area contributed by atoms with E-state index in [1.54, 1.807) is 6.20 Å². The summed E-state index contributed by atoms with van der Waals surface area (Å²) in [6, 6.07) is 9.60. The fraction of sp³-hybridized carbons (Fsp3) is 0.333. The Labute approximate surface area is 158 Å². The highest BCUT2D eigenvalue weighted by Gasteiger charge is 2.23. The second-order valence-corrected chi connectivity index (χ2v) is 6.13. The number of aryl methyl sites for hydroxylation is 1. The molecular weight excluding hydrogens is 354 g/mol. The highest BCUT2D eigenvalue weighted by molar-refractivity contribution is 5.91. The highest BCUT2D eigenvalue weighted by Crippen LogP contribution is 2.30. The topological polar surface area (TPSA) is 75.4 Å². The van der Waals surface area contributed by atoms with Gasteiger partial charge in [-0.25, -0.2) is 0 Å². The van der Waals surface area contributed by atoms with Gasteiger partial charge in [0.15, 0.2) is 0 Å². The van der Waals surface area contributed by atoms with Crippen LogP contribution in [0.25, 0.3) is 11.0 Å². The minimum Gasteiger partial charge on any atom is -0.471 e. The zero-order valence-corrected chi connectivity index (χ0v) is 15.3. The van der Waals surface area contributed by atoms with Crippen LogP contribution < -0.4 is 15.0 Å². The summed E-state index contributed by atoms with van der Waals surface area (Å²) in [5.74, 6) is 0.562. The fourth-order valence-corrected chi connectivity index (χ4v) is 3.13. The number of ether oxygens (including phenoxy) is 1. The second-order valence-electron chi connectivity index (χ2n) is 6.13. The average molecular weight is 376 g/mol. The number of nitrogens with one attached hydrogen (secondary N) is 1. The van der Waals surface area contributed by atoms with Crippen LogP contribution in [-0.4, -0.2) is 45.5 Å². The van der Waals surface area contributed by atoms with Gasteiger partial charge in [-0.2, -0.15) is 4.98 Å². The van der Waals surface area contributed by atoms with Crippen LogP contribution in [0.4, 0.5) is 5.69 Å². The minimum atomic E-state index is -0.528. The number of β-amino-alcohol motifs (C(OH)–C–C–N with tert-alkyl or cyclic N) is 1. The molecule has 3 aromatic rings. The Bertz CT molecular complexity index is 871. The van der Waals surface area contributed by atoms with Gasteiger partial charge in [0.25, 0.3) is 0 Å². The molecule has 1 unspecified atom stereocenters. The number of aliphatic hydroxyl groups is 1. The van der Waals surface area contributed by atoms with Crippen LogP contribution in [0.1, 0.15) is 5.69 Å². The van der Waals surface area contributed by atoms with Crippen molar-refractivity contribution in [3.63, 3.8) is 0 Å². The number of pyridine rings is 2. The number of rotatable bonds is 4. The molecule has 1 aliphatic rings. The van der Waals surface area contributed by atoms with Gasteiger partial charge >= 0.3 is 0 Å². The van der Waals surface area contributed by atoms with E-state index in [1.807, 2.05) is 53.0 Å². The predicted octanol–water partition coefficient (Wildman–Crippen LogP) is 1.70. The first-order valence-corrected chi connectivity index (χ1v) is 8.36. The van der Waals surface area contributed by atoms with Gasteiger partial charge in [-0.05, 0) is 18.2 Å². The van der Waals surface area contributed by atoms with Crippen LogP contribution in [0.2, 0.25) is 0 Å². The van der Waals surface area contributed by atoms with Crippen molar-refractivity contribution in [2.75, 3.05) is 24.5 Å². The first kappa shape index (κ1) is 18.4. The third-order valence-electron chi connectivity index (χ3n) is 4.40. The first-order valence-electron chi connectivity index (χ1n) is 8.36. The number of hydrogen-bond acceptors (Lipinski definition) is 6. The molecule has 3 aromatic heterocycles. The van der Waals surface area contributed by atoms with E-state index in [9.17, 15) is 5.11 Å². The summed E-state index contributed by atoms with van der Waals surface area (Å²) >= 11 is 0. The Kier molecular flexibility index (Phi) is 5.61. The van der Waals surface area contributed by atoms with Crippen molar-refractivity contribution in [1.29, 1.82) is 0 Å². The van der Waals surface area contributed by atoms with E-state index in [1.165, 1.54) is 0 Å². The van der Waals surface area contributed by atoms with E-state index in [0.29, 0.717) is 19.0 Å². The summed E-state index contributed by atoms with van der Waals surface area (Å²) in [7, 11) is 1.95. The molecule has 0 amide bonds. The molecule has 0 spiro atoms. The molecule has 7 nitrogen and oxygen atoms in total. The Morgan fingerprint density at radius 3 is 2.96 bits per heavy atom. The van der Waals surface area contributed by atoms with Gasteiger partial charge in [0.2, 0.25) is 5.88 Å². The van der Waals surface area contributed by atoms with Crippen molar-refractivity contribution in [2.45, 2.75) is 12.8 Å². The molecule has 8 heteroatoms. The lowest BCUT2D eigenvalue weighted by Crippen LogP contribution is -2.51. The smallest absolute Gasteiger partial charge is 0.215 e. The molecule has 26 heavy (non-hydrogen) atoms. The summed E-state index contributed by atoms with van der Waals surface area (Å²) in [4.78, 5) is 10.9. The lowest BCUT2D eigenvalue weighted by atomic mass is 10.2. The maximum atomic E-state index is 10.3. The van der Waals surface area contributed by atoms with Crippen molar-refractivity contribution in [3.05, 3.63) is 48.4 Å². The Hall–Kier alpha value is -2.35. The van der Waals surface area contributed by atoms with Crippen LogP contribution in [0.15, 0.2) is 42.7 Å². The van der Waals surface area contributed by atoms with Crippen LogP contribution in [0.5, 0.6) is 5.88 Å². The van der Waals surface area contributed by atoms with Gasteiger partial charge in [0, 0.05) is 50.5 Å². The molecule has 1 saturated heterocycles. The van der Waals surface area contributed by atoms with Gasteiger partial charge in [0.1, 0.15) is 18.5 Å². The molecule has 0 saturated carbocycles. The van der Waals surface area contributed by atoms with Crippen molar-refractivity contribution in [2.24, 2.45) is 7.05 Å². The van der Waals surface area contributed by atoms with Crippen LogP contribution >= 0.6 is 12.4 Å². The summed E-state index contributed by atoms with van der Waals surface area (Å²) in [6.45, 7) is 2.56. The van der Waals surface area contributed by atoms with E-state index >= 15 is 0 Å². The predicted molar refractivity (Wildman–Crippen MR) is 103 cm³/mol. The van der Waals surface area contributed by atoms with Crippen molar-refractivity contribution >= 4 is 29.1 Å². The van der Waals surface area contributed by atoms with E-state index in [0.717, 1.165) is 35.5 Å². The molecule has 4 heterocycles.